The molecule has 0 saturated carbocycles. The van der Waals surface area contributed by atoms with Gasteiger partial charge in [0.1, 0.15) is 13.2 Å². The summed E-state index contributed by atoms with van der Waals surface area (Å²) in [6.45, 7) is 1.07. The first-order chi connectivity index (χ1) is 10.2. The van der Waals surface area contributed by atoms with Crippen LogP contribution in [0.3, 0.4) is 0 Å². The van der Waals surface area contributed by atoms with Crippen LogP contribution in [0.15, 0.2) is 18.7 Å². The van der Waals surface area contributed by atoms with E-state index in [0.29, 0.717) is 0 Å². The van der Waals surface area contributed by atoms with E-state index in [1.165, 1.54) is 38.5 Å². The quantitative estimate of drug-likeness (QED) is 0.578. The maximum atomic E-state index is 2.69. The standard InChI is InChI=1S/C16H27BN4/c1-18-9-11-20(13-18)17(21-12-10-19(2)14-21)15-5-3-6-16(17)8-4-7-15/h9-11,13-16H,3-8,12H2,1-2H3/q+2. The van der Waals surface area contributed by atoms with E-state index in [1.807, 2.05) is 0 Å². The molecule has 0 atom stereocenters. The maximum Gasteiger partial charge on any atom is 0.472 e. The molecule has 2 fully saturated rings. The lowest BCUT2D eigenvalue weighted by molar-refractivity contribution is -0.635. The van der Waals surface area contributed by atoms with Gasteiger partial charge in [-0.25, -0.2) is 4.57 Å². The number of hydrogen-bond acceptors (Lipinski definition) is 0. The second kappa shape index (κ2) is 4.82. The SMILES string of the molecule is Cn1cc[n+]([B-]2([N+]3=C[N+](C)=CC3)C3CCCC2CCC3)c1. The Morgan fingerprint density at radius 1 is 1.10 bits per heavy atom. The monoisotopic (exact) mass is 286 g/mol. The molecule has 3 aliphatic rings. The van der Waals surface area contributed by atoms with Gasteiger partial charge in [0.15, 0.2) is 6.54 Å². The van der Waals surface area contributed by atoms with Crippen LogP contribution in [0.4, 0.5) is 0 Å². The van der Waals surface area contributed by atoms with Crippen LogP contribution in [0.5, 0.6) is 0 Å². The first kappa shape index (κ1) is 13.3. The van der Waals surface area contributed by atoms with Crippen LogP contribution >= 0.6 is 0 Å². The summed E-state index contributed by atoms with van der Waals surface area (Å²) in [6.07, 6.45) is 19.4. The molecule has 4 rings (SSSR count). The van der Waals surface area contributed by atoms with Crippen LogP contribution in [0.25, 0.3) is 0 Å². The summed E-state index contributed by atoms with van der Waals surface area (Å²) in [5, 5.41) is 0. The summed E-state index contributed by atoms with van der Waals surface area (Å²) in [5.74, 6) is 1.70. The van der Waals surface area contributed by atoms with Gasteiger partial charge < -0.3 is 8.96 Å². The van der Waals surface area contributed by atoms with Crippen molar-refractivity contribution in [1.29, 1.82) is 0 Å². The molecule has 4 heterocycles. The van der Waals surface area contributed by atoms with Gasteiger partial charge in [-0.1, -0.05) is 50.2 Å². The molecule has 0 aliphatic carbocycles. The molecule has 112 valence electrons. The molecular formula is C16H27BN4+2. The topological polar surface area (TPSA) is 14.8 Å². The molecule has 2 bridgehead atoms. The van der Waals surface area contributed by atoms with Crippen LogP contribution in [-0.4, -0.2) is 46.2 Å². The Balaban J connectivity index is 1.88. The normalized spacial score (nSPS) is 35.5. The third kappa shape index (κ3) is 1.86. The molecule has 21 heavy (non-hydrogen) atoms. The smallest absolute Gasteiger partial charge is 0.370 e. The van der Waals surface area contributed by atoms with E-state index in [-0.39, 0.29) is 0 Å². The molecule has 0 aromatic carbocycles. The van der Waals surface area contributed by atoms with Gasteiger partial charge in [-0.15, -0.1) is 0 Å². The van der Waals surface area contributed by atoms with E-state index in [1.54, 1.807) is 0 Å². The fourth-order valence-electron chi connectivity index (χ4n) is 5.68. The first-order valence-corrected chi connectivity index (χ1v) is 8.58. The Bertz CT molecular complexity index is 594. The Morgan fingerprint density at radius 2 is 1.76 bits per heavy atom. The number of fused-ring (bicyclic) bond motifs is 2. The van der Waals surface area contributed by atoms with E-state index < -0.39 is 6.42 Å². The van der Waals surface area contributed by atoms with Crippen molar-refractivity contribution in [2.24, 2.45) is 7.05 Å². The minimum Gasteiger partial charge on any atom is -0.370 e. The van der Waals surface area contributed by atoms with Crippen molar-refractivity contribution in [1.82, 2.24) is 4.57 Å². The van der Waals surface area contributed by atoms with Crippen molar-refractivity contribution in [3.05, 3.63) is 18.7 Å². The van der Waals surface area contributed by atoms with E-state index in [0.717, 1.165) is 18.2 Å². The Kier molecular flexibility index (Phi) is 3.05. The van der Waals surface area contributed by atoms with Gasteiger partial charge in [-0.3, -0.25) is 0 Å². The predicted molar refractivity (Wildman–Crippen MR) is 85.4 cm³/mol. The Labute approximate surface area is 127 Å². The van der Waals surface area contributed by atoms with Crippen molar-refractivity contribution in [3.8, 4) is 0 Å². The molecule has 4 nitrogen and oxygen atoms in total. The van der Waals surface area contributed by atoms with Gasteiger partial charge in [0, 0.05) is 0 Å². The summed E-state index contributed by atoms with van der Waals surface area (Å²) in [7, 11) is 4.31. The molecule has 0 spiro atoms. The molecule has 0 unspecified atom stereocenters. The minimum absolute atomic E-state index is 0.670. The zero-order valence-corrected chi connectivity index (χ0v) is 13.4. The molecule has 0 N–H and O–H groups in total. The molecular weight excluding hydrogens is 259 g/mol. The number of hydrogen-bond donors (Lipinski definition) is 0. The highest BCUT2D eigenvalue weighted by molar-refractivity contribution is 6.67. The first-order valence-electron chi connectivity index (χ1n) is 8.58. The predicted octanol–water partition coefficient (Wildman–Crippen LogP) is 1.48. The summed E-state index contributed by atoms with van der Waals surface area (Å²) in [5.41, 5.74) is 0. The van der Waals surface area contributed by atoms with Crippen LogP contribution in [0, 0.1) is 0 Å². The molecule has 5 heteroatoms. The van der Waals surface area contributed by atoms with Crippen LogP contribution < -0.4 is 4.48 Å². The van der Waals surface area contributed by atoms with Crippen LogP contribution in [0.1, 0.15) is 38.5 Å². The molecule has 3 aliphatic heterocycles. The van der Waals surface area contributed by atoms with Crippen molar-refractivity contribution < 1.29 is 13.5 Å². The highest BCUT2D eigenvalue weighted by Crippen LogP contribution is 2.51. The van der Waals surface area contributed by atoms with Crippen molar-refractivity contribution >= 4 is 19.0 Å². The summed E-state index contributed by atoms with van der Waals surface area (Å²) in [6, 6.07) is 0. The highest BCUT2D eigenvalue weighted by Gasteiger charge is 2.62. The van der Waals surface area contributed by atoms with E-state index in [9.17, 15) is 0 Å². The Hall–Kier alpha value is -1.39. The lowest BCUT2D eigenvalue weighted by Crippen LogP contribution is -2.77. The number of nitrogens with zero attached hydrogens (tertiary/aromatic N) is 4. The van der Waals surface area contributed by atoms with Gasteiger partial charge in [-0.2, -0.15) is 4.58 Å². The molecule has 2 saturated heterocycles. The summed E-state index contributed by atoms with van der Waals surface area (Å²) in [4.78, 5) is 0. The fraction of sp³-hybridized carbons (Fsp3) is 0.688. The van der Waals surface area contributed by atoms with Gasteiger partial charge in [0.2, 0.25) is 12.5 Å². The van der Waals surface area contributed by atoms with E-state index >= 15 is 0 Å². The average Bonchev–Trinajstić information content (AvgIpc) is 3.06. The fourth-order valence-corrected chi connectivity index (χ4v) is 5.68. The summed E-state index contributed by atoms with van der Waals surface area (Å²) < 4.78 is 9.74. The van der Waals surface area contributed by atoms with Crippen molar-refractivity contribution in [2.75, 3.05) is 13.6 Å². The van der Waals surface area contributed by atoms with Gasteiger partial charge >= 0.3 is 12.8 Å². The number of imidazole rings is 1. The van der Waals surface area contributed by atoms with Crippen molar-refractivity contribution in [2.45, 2.75) is 50.2 Å². The van der Waals surface area contributed by atoms with Crippen molar-refractivity contribution in [3.63, 3.8) is 0 Å². The van der Waals surface area contributed by atoms with Crippen LogP contribution in [0.2, 0.25) is 11.6 Å². The largest absolute Gasteiger partial charge is 0.472 e. The zero-order valence-electron chi connectivity index (χ0n) is 13.4. The zero-order chi connectivity index (χ0) is 14.4. The van der Waals surface area contributed by atoms with Crippen LogP contribution in [-0.2, 0) is 7.05 Å². The number of aromatic nitrogens is 2. The Morgan fingerprint density at radius 3 is 2.24 bits per heavy atom. The molecule has 0 amide bonds. The van der Waals surface area contributed by atoms with Gasteiger partial charge in [0.05, 0.1) is 13.2 Å². The lowest BCUT2D eigenvalue weighted by Gasteiger charge is -2.49. The summed E-state index contributed by atoms with van der Waals surface area (Å²) >= 11 is 0. The number of aryl methyl sites for hydroxylation is 1. The third-order valence-electron chi connectivity index (χ3n) is 6.40. The highest BCUT2D eigenvalue weighted by atomic mass is 15.2. The maximum absolute atomic E-state index is 2.69. The van der Waals surface area contributed by atoms with E-state index in [2.05, 4.69) is 63.5 Å². The third-order valence-corrected chi connectivity index (χ3v) is 6.40. The molecule has 1 aromatic heterocycles. The second-order valence-corrected chi connectivity index (χ2v) is 7.47. The van der Waals surface area contributed by atoms with E-state index in [4.69, 9.17) is 0 Å². The van der Waals surface area contributed by atoms with Gasteiger partial charge in [-0.05, 0) is 0 Å². The average molecular weight is 286 g/mol. The lowest BCUT2D eigenvalue weighted by atomic mass is 9.23. The molecule has 0 radical (unpaired) electrons. The molecule has 1 aromatic rings. The number of rotatable bonds is 2. The minimum atomic E-state index is -0.670. The second-order valence-electron chi connectivity index (χ2n) is 7.47. The van der Waals surface area contributed by atoms with Gasteiger partial charge in [0.25, 0.3) is 0 Å².